The normalized spacial score (nSPS) is 12.8. The van der Waals surface area contributed by atoms with Crippen molar-refractivity contribution in [2.45, 2.75) is 19.4 Å². The van der Waals surface area contributed by atoms with Crippen LogP contribution in [0.3, 0.4) is 0 Å². The van der Waals surface area contributed by atoms with Gasteiger partial charge < -0.3 is 15.5 Å². The number of hydrogen-bond donors (Lipinski definition) is 2. The number of hydrogen-bond acceptors (Lipinski definition) is 3. The highest BCUT2D eigenvalue weighted by Crippen LogP contribution is 2.20. The maximum absolute atomic E-state index is 12.6. The van der Waals surface area contributed by atoms with Gasteiger partial charge in [0.25, 0.3) is 0 Å². The van der Waals surface area contributed by atoms with E-state index < -0.39 is 0 Å². The minimum atomic E-state index is -0.132. The van der Waals surface area contributed by atoms with E-state index in [-0.39, 0.29) is 18.4 Å². The number of carbonyl (C=O) groups excluding carboxylic acids is 2. The molecule has 4 rings (SSSR count). The molecule has 1 aliphatic heterocycles. The van der Waals surface area contributed by atoms with Crippen molar-refractivity contribution in [2.75, 3.05) is 17.2 Å². The lowest BCUT2D eigenvalue weighted by atomic mass is 10.0. The Hall–Kier alpha value is -3.67. The van der Waals surface area contributed by atoms with Gasteiger partial charge >= 0.3 is 6.03 Å². The highest BCUT2D eigenvalue weighted by molar-refractivity contribution is 5.93. The second-order valence-electron chi connectivity index (χ2n) is 6.99. The standard InChI is InChI=1S/C23H22N4O2/c28-22(15-21-7-3-4-13-24-21)25-19-8-10-20(11-9-19)26-23(29)27-14-12-17-5-1-2-6-18(17)16-27/h1-11,13H,12,14-16H2,(H,25,28)(H,26,29). The lowest BCUT2D eigenvalue weighted by Crippen LogP contribution is -2.38. The van der Waals surface area contributed by atoms with E-state index in [1.165, 1.54) is 11.1 Å². The lowest BCUT2D eigenvalue weighted by Gasteiger charge is -2.29. The van der Waals surface area contributed by atoms with Crippen LogP contribution in [0.2, 0.25) is 0 Å². The first kappa shape index (κ1) is 18.7. The van der Waals surface area contributed by atoms with Crippen molar-refractivity contribution in [1.82, 2.24) is 9.88 Å². The van der Waals surface area contributed by atoms with Gasteiger partial charge in [0.2, 0.25) is 5.91 Å². The summed E-state index contributed by atoms with van der Waals surface area (Å²) < 4.78 is 0. The Balaban J connectivity index is 1.31. The first-order chi connectivity index (χ1) is 14.2. The zero-order valence-corrected chi connectivity index (χ0v) is 16.0. The fraction of sp³-hybridized carbons (Fsp3) is 0.174. The Bertz CT molecular complexity index is 1000. The zero-order chi connectivity index (χ0) is 20.1. The zero-order valence-electron chi connectivity index (χ0n) is 16.0. The summed E-state index contributed by atoms with van der Waals surface area (Å²) in [5.74, 6) is -0.132. The monoisotopic (exact) mass is 386 g/mol. The van der Waals surface area contributed by atoms with Crippen LogP contribution in [0.1, 0.15) is 16.8 Å². The molecule has 0 radical (unpaired) electrons. The van der Waals surface area contributed by atoms with Crippen LogP contribution in [0.5, 0.6) is 0 Å². The van der Waals surface area contributed by atoms with Gasteiger partial charge in [0.05, 0.1) is 6.42 Å². The molecule has 146 valence electrons. The van der Waals surface area contributed by atoms with Gasteiger partial charge in [-0.1, -0.05) is 30.3 Å². The molecule has 6 nitrogen and oxygen atoms in total. The molecule has 0 atom stereocenters. The molecule has 3 amide bonds. The number of nitrogens with one attached hydrogen (secondary N) is 2. The summed E-state index contributed by atoms with van der Waals surface area (Å²) in [4.78, 5) is 30.7. The molecule has 1 aliphatic rings. The maximum atomic E-state index is 12.6. The van der Waals surface area contributed by atoms with E-state index in [9.17, 15) is 9.59 Å². The van der Waals surface area contributed by atoms with Crippen LogP contribution < -0.4 is 10.6 Å². The molecule has 6 heteroatoms. The number of fused-ring (bicyclic) bond motifs is 1. The Morgan fingerprint density at radius 3 is 2.28 bits per heavy atom. The van der Waals surface area contributed by atoms with Crippen molar-refractivity contribution in [3.05, 3.63) is 89.7 Å². The average Bonchev–Trinajstić information content (AvgIpc) is 2.75. The van der Waals surface area contributed by atoms with E-state index in [0.717, 1.165) is 12.1 Å². The van der Waals surface area contributed by atoms with Crippen molar-refractivity contribution >= 4 is 23.3 Å². The summed E-state index contributed by atoms with van der Waals surface area (Å²) in [6.07, 6.45) is 2.75. The molecule has 2 heterocycles. The Morgan fingerprint density at radius 2 is 1.55 bits per heavy atom. The third kappa shape index (κ3) is 4.79. The van der Waals surface area contributed by atoms with Crippen molar-refractivity contribution < 1.29 is 9.59 Å². The van der Waals surface area contributed by atoms with Gasteiger partial charge in [-0.3, -0.25) is 9.78 Å². The predicted octanol–water partition coefficient (Wildman–Crippen LogP) is 3.85. The summed E-state index contributed by atoms with van der Waals surface area (Å²) in [6, 6.07) is 20.7. The molecule has 3 aromatic rings. The quantitative estimate of drug-likeness (QED) is 0.715. The number of benzene rings is 2. The largest absolute Gasteiger partial charge is 0.326 e. The van der Waals surface area contributed by atoms with Gasteiger partial charge in [-0.2, -0.15) is 0 Å². The van der Waals surface area contributed by atoms with Crippen LogP contribution in [0.15, 0.2) is 72.9 Å². The highest BCUT2D eigenvalue weighted by Gasteiger charge is 2.20. The van der Waals surface area contributed by atoms with E-state index in [2.05, 4.69) is 27.8 Å². The van der Waals surface area contributed by atoms with E-state index >= 15 is 0 Å². The molecule has 0 saturated heterocycles. The number of urea groups is 1. The van der Waals surface area contributed by atoms with Gasteiger partial charge in [-0.05, 0) is 53.9 Å². The summed E-state index contributed by atoms with van der Waals surface area (Å²) in [5.41, 5.74) is 4.59. The molecule has 0 spiro atoms. The fourth-order valence-corrected chi connectivity index (χ4v) is 3.38. The van der Waals surface area contributed by atoms with Crippen molar-refractivity contribution in [3.63, 3.8) is 0 Å². The number of pyridine rings is 1. The highest BCUT2D eigenvalue weighted by atomic mass is 16.2. The maximum Gasteiger partial charge on any atom is 0.322 e. The van der Waals surface area contributed by atoms with Crippen molar-refractivity contribution in [1.29, 1.82) is 0 Å². The van der Waals surface area contributed by atoms with Crippen LogP contribution >= 0.6 is 0 Å². The number of aromatic nitrogens is 1. The van der Waals surface area contributed by atoms with E-state index in [4.69, 9.17) is 0 Å². The van der Waals surface area contributed by atoms with Crippen LogP contribution in [0, 0.1) is 0 Å². The SMILES string of the molecule is O=C(Cc1ccccn1)Nc1ccc(NC(=O)N2CCc3ccccc3C2)cc1. The second-order valence-corrected chi connectivity index (χ2v) is 6.99. The van der Waals surface area contributed by atoms with Crippen molar-refractivity contribution in [3.8, 4) is 0 Å². The minimum Gasteiger partial charge on any atom is -0.326 e. The number of carbonyl (C=O) groups is 2. The van der Waals surface area contributed by atoms with Gasteiger partial charge in [0.1, 0.15) is 0 Å². The van der Waals surface area contributed by atoms with Crippen LogP contribution in [-0.4, -0.2) is 28.4 Å². The minimum absolute atomic E-state index is 0.119. The van der Waals surface area contributed by atoms with Gasteiger partial charge in [0.15, 0.2) is 0 Å². The molecule has 2 aromatic carbocycles. The van der Waals surface area contributed by atoms with Gasteiger partial charge in [-0.25, -0.2) is 4.79 Å². The third-order valence-electron chi connectivity index (χ3n) is 4.91. The first-order valence-corrected chi connectivity index (χ1v) is 9.60. The molecular formula is C23H22N4O2. The molecule has 0 fully saturated rings. The predicted molar refractivity (Wildman–Crippen MR) is 113 cm³/mol. The van der Waals surface area contributed by atoms with Crippen LogP contribution in [-0.2, 0) is 24.2 Å². The molecular weight excluding hydrogens is 364 g/mol. The van der Waals surface area contributed by atoms with E-state index in [1.807, 2.05) is 35.2 Å². The van der Waals surface area contributed by atoms with E-state index in [1.54, 1.807) is 30.5 Å². The van der Waals surface area contributed by atoms with Gasteiger partial charge in [0, 0.05) is 36.4 Å². The molecule has 0 bridgehead atoms. The molecule has 0 aliphatic carbocycles. The number of amides is 3. The summed E-state index contributed by atoms with van der Waals surface area (Å²) in [6.45, 7) is 1.31. The average molecular weight is 386 g/mol. The molecule has 29 heavy (non-hydrogen) atoms. The summed E-state index contributed by atoms with van der Waals surface area (Å²) >= 11 is 0. The molecule has 1 aromatic heterocycles. The second kappa shape index (κ2) is 8.56. The Kier molecular flexibility index (Phi) is 5.52. The molecule has 0 unspecified atom stereocenters. The molecule has 0 saturated carbocycles. The molecule has 2 N–H and O–H groups in total. The third-order valence-corrected chi connectivity index (χ3v) is 4.91. The first-order valence-electron chi connectivity index (χ1n) is 9.60. The van der Waals surface area contributed by atoms with Crippen LogP contribution in [0.25, 0.3) is 0 Å². The number of anilines is 2. The van der Waals surface area contributed by atoms with Gasteiger partial charge in [-0.15, -0.1) is 0 Å². The van der Waals surface area contributed by atoms with Crippen LogP contribution in [0.4, 0.5) is 16.2 Å². The topological polar surface area (TPSA) is 74.3 Å². The number of rotatable bonds is 4. The summed E-state index contributed by atoms with van der Waals surface area (Å²) in [7, 11) is 0. The Morgan fingerprint density at radius 1 is 0.862 bits per heavy atom. The lowest BCUT2D eigenvalue weighted by molar-refractivity contribution is -0.115. The van der Waals surface area contributed by atoms with E-state index in [0.29, 0.717) is 24.5 Å². The fourth-order valence-electron chi connectivity index (χ4n) is 3.38. The smallest absolute Gasteiger partial charge is 0.322 e. The van der Waals surface area contributed by atoms with Crippen molar-refractivity contribution in [2.24, 2.45) is 0 Å². The summed E-state index contributed by atoms with van der Waals surface area (Å²) in [5, 5.41) is 5.77. The Labute approximate surface area is 169 Å². The number of nitrogens with zero attached hydrogens (tertiary/aromatic N) is 2.